The van der Waals surface area contributed by atoms with Gasteiger partial charge in [0.05, 0.1) is 32.5 Å². The molecular formula is C33H58N8O31P4. The monoisotopic (exact) mass is 1190 g/mol. The zero-order valence-corrected chi connectivity index (χ0v) is 43.0. The van der Waals surface area contributed by atoms with E-state index >= 15 is 0 Å². The molecular weight excluding hydrogens is 1130 g/mol. The van der Waals surface area contributed by atoms with Crippen molar-refractivity contribution in [1.82, 2.24) is 37.2 Å². The molecule has 0 aliphatic heterocycles. The van der Waals surface area contributed by atoms with E-state index in [-0.39, 0.29) is 0 Å². The lowest BCUT2D eigenvalue weighted by atomic mass is 10.0. The van der Waals surface area contributed by atoms with Crippen LogP contribution in [0.25, 0.3) is 0 Å². The third kappa shape index (κ3) is 32.9. The first-order chi connectivity index (χ1) is 34.6. The number of carboxylic acids is 4. The average molecular weight is 1190 g/mol. The zero-order valence-electron chi connectivity index (χ0n) is 39.5. The smallest absolute Gasteiger partial charge is 0.469 e. The molecule has 0 bridgehead atoms. The molecule has 0 radical (unpaired) electrons. The molecule has 0 saturated carbocycles. The van der Waals surface area contributed by atoms with Crippen LogP contribution in [0.3, 0.4) is 0 Å². The molecule has 0 saturated heterocycles. The van der Waals surface area contributed by atoms with Crippen LogP contribution >= 0.6 is 31.3 Å². The van der Waals surface area contributed by atoms with E-state index in [4.69, 9.17) is 15.9 Å². The summed E-state index contributed by atoms with van der Waals surface area (Å²) in [5.74, 6) is -18.1. The number of nitrogens with one attached hydrogen (secondary N) is 7. The molecule has 43 heteroatoms. The van der Waals surface area contributed by atoms with E-state index in [9.17, 15) is 120 Å². The molecule has 0 aromatic heterocycles. The van der Waals surface area contributed by atoms with Crippen molar-refractivity contribution in [2.45, 2.75) is 107 Å². The third-order valence-electron chi connectivity index (χ3n) is 9.06. The number of amides is 7. The maximum absolute atomic E-state index is 13.8. The predicted molar refractivity (Wildman–Crippen MR) is 241 cm³/mol. The van der Waals surface area contributed by atoms with Crippen molar-refractivity contribution in [3.8, 4) is 0 Å². The summed E-state index contributed by atoms with van der Waals surface area (Å²) in [6.45, 7) is -3.31. The number of aliphatic carboxylic acids is 4. The number of hydrogen-bond donors (Lipinski definition) is 20. The number of phosphoric acid groups is 4. The van der Waals surface area contributed by atoms with Crippen molar-refractivity contribution in [3.05, 3.63) is 0 Å². The number of carbonyl (C=O) groups excluding carboxylic acids is 7. The van der Waals surface area contributed by atoms with E-state index in [2.05, 4.69) is 23.4 Å². The summed E-state index contributed by atoms with van der Waals surface area (Å²) >= 11 is 0. The van der Waals surface area contributed by atoms with Gasteiger partial charge in [-0.3, -0.25) is 66.0 Å². The molecule has 21 N–H and O–H groups in total. The van der Waals surface area contributed by atoms with E-state index in [1.807, 2.05) is 21.3 Å². The Bertz CT molecular complexity index is 2280. The Morgan fingerprint density at radius 3 is 0.908 bits per heavy atom. The van der Waals surface area contributed by atoms with Crippen LogP contribution in [0.15, 0.2) is 0 Å². The normalized spacial score (nSPS) is 15.2. The molecule has 7 amide bonds. The van der Waals surface area contributed by atoms with Crippen molar-refractivity contribution < 1.29 is 149 Å². The van der Waals surface area contributed by atoms with Gasteiger partial charge < -0.3 is 103 Å². The van der Waals surface area contributed by atoms with E-state index in [0.717, 1.165) is 0 Å². The Kier molecular flexibility index (Phi) is 30.0. The van der Waals surface area contributed by atoms with Gasteiger partial charge in [0.25, 0.3) is 0 Å². The minimum absolute atomic E-state index is 0.450. The summed E-state index contributed by atoms with van der Waals surface area (Å²) in [4.78, 5) is 214. The molecule has 436 valence electrons. The lowest BCUT2D eigenvalue weighted by Gasteiger charge is -2.28. The van der Waals surface area contributed by atoms with E-state index in [1.54, 1.807) is 10.6 Å². The fraction of sp³-hybridized carbons (Fsp3) is 0.667. The molecule has 76 heavy (non-hydrogen) atoms. The molecule has 0 aromatic carbocycles. The summed E-state index contributed by atoms with van der Waals surface area (Å²) in [5, 5.41) is 49.5. The van der Waals surface area contributed by atoms with Crippen LogP contribution in [-0.2, 0) is 89.1 Å². The van der Waals surface area contributed by atoms with Gasteiger partial charge in [0, 0.05) is 19.3 Å². The lowest BCUT2D eigenvalue weighted by Crippen LogP contribution is -2.62. The Labute approximate surface area is 427 Å². The Hall–Kier alpha value is -5.43. The molecule has 0 fully saturated rings. The van der Waals surface area contributed by atoms with Crippen LogP contribution in [0.2, 0.25) is 0 Å². The molecule has 0 aromatic rings. The van der Waals surface area contributed by atoms with Crippen molar-refractivity contribution in [3.63, 3.8) is 0 Å². The largest absolute Gasteiger partial charge is 0.481 e. The fourth-order valence-electron chi connectivity index (χ4n) is 5.51. The maximum Gasteiger partial charge on any atom is 0.469 e. The number of phosphoric ester groups is 4. The van der Waals surface area contributed by atoms with Gasteiger partial charge in [-0.05, 0) is 31.6 Å². The van der Waals surface area contributed by atoms with Crippen LogP contribution in [-0.4, -0.2) is 200 Å². The average Bonchev–Trinajstić information content (AvgIpc) is 3.25. The highest BCUT2D eigenvalue weighted by atomic mass is 31.2. The highest BCUT2D eigenvalue weighted by Crippen LogP contribution is 2.38. The Morgan fingerprint density at radius 1 is 0.382 bits per heavy atom. The third-order valence-corrected chi connectivity index (χ3v) is 11.0. The van der Waals surface area contributed by atoms with Gasteiger partial charge in [-0.2, -0.15) is 0 Å². The molecule has 0 aliphatic rings. The van der Waals surface area contributed by atoms with E-state index in [1.165, 1.54) is 13.8 Å². The van der Waals surface area contributed by atoms with Crippen LogP contribution in [0.4, 0.5) is 0 Å². The summed E-state index contributed by atoms with van der Waals surface area (Å²) in [7, 11) is -22.4. The Morgan fingerprint density at radius 2 is 0.618 bits per heavy atom. The maximum atomic E-state index is 13.8. The highest BCUT2D eigenvalue weighted by molar-refractivity contribution is 7.47. The second-order valence-electron chi connectivity index (χ2n) is 15.9. The lowest BCUT2D eigenvalue weighted by molar-refractivity contribution is -0.144. The number of hydrogen-bond acceptors (Lipinski definition) is 20. The van der Waals surface area contributed by atoms with Crippen molar-refractivity contribution >= 4 is 96.5 Å². The van der Waals surface area contributed by atoms with E-state index in [0.29, 0.717) is 0 Å². The summed E-state index contributed by atoms with van der Waals surface area (Å²) in [6.07, 6.45) is -5.08. The number of carbonyl (C=O) groups is 11. The SMILES string of the molecule is CC(C)C[C@H](NC(=O)[C@H](COP(=O)(O)O)NC(=O)[C@@H](N)CCC(=O)O)C(=O)N[C@@H](COP(=O)(O)O)C(=O)N[C@@H](COP(=O)(O)O)C(=O)N[C@@H](COP(=O)(O)O)C(=O)N[C@@H](CCC(=O)O)C(=O)N[C@@H](CCC(=O)O)C(=O)O. The molecule has 8 atom stereocenters. The topological polar surface area (TPSA) is 646 Å². The summed E-state index contributed by atoms with van der Waals surface area (Å²) < 4.78 is 63.7. The van der Waals surface area contributed by atoms with Gasteiger partial charge in [-0.15, -0.1) is 0 Å². The summed E-state index contributed by atoms with van der Waals surface area (Å²) in [5.41, 5.74) is 5.64. The standard InChI is InChI=1S/C33H58N8O31P4/c1-14(2)9-18(37-30(52)19(10-69-73(57,58)59)38-26(48)15(34)3-6-23(42)43)28(50)39-21(12-71-75(63,64)65)31(53)41-22(13-72-76(66,67)68)32(54)40-20(11-70-74(60,61)62)29(51)35-16(4-7-24(44)45)27(49)36-17(33(55)56)5-8-25(46)47/h14-22H,3-13,34H2,1-2H3,(H,35,51)(H,36,49)(H,37,52)(H,38,48)(H,39,50)(H,40,54)(H,41,53)(H,42,43)(H,44,45)(H,46,47)(H,55,56)(H2,57,58,59)(H2,60,61,62)(H2,63,64,65)(H2,66,67,68)/t15-,16-,17-,18-,19-,20-,21-,22-/m0/s1. The van der Waals surface area contributed by atoms with Crippen molar-refractivity contribution in [1.29, 1.82) is 0 Å². The van der Waals surface area contributed by atoms with Crippen molar-refractivity contribution in [2.24, 2.45) is 11.7 Å². The molecule has 0 heterocycles. The molecule has 0 spiro atoms. The highest BCUT2D eigenvalue weighted by Gasteiger charge is 2.38. The van der Waals surface area contributed by atoms with Crippen LogP contribution in [0, 0.1) is 5.92 Å². The second-order valence-corrected chi connectivity index (χ2v) is 20.9. The first-order valence-corrected chi connectivity index (χ1v) is 27.3. The minimum atomic E-state index is -5.68. The summed E-state index contributed by atoms with van der Waals surface area (Å²) in [6, 6.07) is -17.4. The van der Waals surface area contributed by atoms with Gasteiger partial charge in [0.1, 0.15) is 42.3 Å². The molecule has 0 unspecified atom stereocenters. The first kappa shape index (κ1) is 70.6. The minimum Gasteiger partial charge on any atom is -0.481 e. The molecule has 39 nitrogen and oxygen atoms in total. The number of carboxylic acid groups (broad SMARTS) is 4. The van der Waals surface area contributed by atoms with Crippen LogP contribution in [0.5, 0.6) is 0 Å². The predicted octanol–water partition coefficient (Wildman–Crippen LogP) is -7.13. The first-order valence-electron chi connectivity index (χ1n) is 21.2. The van der Waals surface area contributed by atoms with Gasteiger partial charge in [0.15, 0.2) is 0 Å². The van der Waals surface area contributed by atoms with Crippen molar-refractivity contribution in [2.75, 3.05) is 26.4 Å². The number of rotatable bonds is 38. The Balaban J connectivity index is 7.16. The van der Waals surface area contributed by atoms with Gasteiger partial charge in [-0.1, -0.05) is 13.8 Å². The zero-order chi connectivity index (χ0) is 59.1. The van der Waals surface area contributed by atoms with Crippen LogP contribution < -0.4 is 43.0 Å². The fourth-order valence-corrected chi connectivity index (χ4v) is 6.88. The quantitative estimate of drug-likeness (QED) is 0.0255. The van der Waals surface area contributed by atoms with Gasteiger partial charge in [-0.25, -0.2) is 23.1 Å². The molecule has 0 rings (SSSR count). The molecule has 0 aliphatic carbocycles. The second kappa shape index (κ2) is 32.3. The van der Waals surface area contributed by atoms with Gasteiger partial charge in [0.2, 0.25) is 41.4 Å². The van der Waals surface area contributed by atoms with Gasteiger partial charge >= 0.3 is 55.2 Å². The number of nitrogens with two attached hydrogens (primary N) is 1. The van der Waals surface area contributed by atoms with E-state index < -0.39 is 222 Å². The van der Waals surface area contributed by atoms with Crippen LogP contribution in [0.1, 0.15) is 58.8 Å².